The molecule has 24 heavy (non-hydrogen) atoms. The number of amides is 2. The fourth-order valence-electron chi connectivity index (χ4n) is 2.10. The second kappa shape index (κ2) is 6.74. The Labute approximate surface area is 138 Å². The van der Waals surface area contributed by atoms with Crippen molar-refractivity contribution >= 4 is 12.0 Å². The third-order valence-corrected chi connectivity index (χ3v) is 3.42. The number of primary amides is 1. The van der Waals surface area contributed by atoms with Gasteiger partial charge in [0, 0.05) is 5.56 Å². The van der Waals surface area contributed by atoms with Crippen LogP contribution in [0, 0.1) is 6.92 Å². The summed E-state index contributed by atoms with van der Waals surface area (Å²) < 4.78 is 0. The molecule has 0 aliphatic heterocycles. The van der Waals surface area contributed by atoms with Crippen molar-refractivity contribution in [3.8, 4) is 22.4 Å². The number of carbonyl (C=O) groups is 1. The van der Waals surface area contributed by atoms with E-state index in [1.54, 1.807) is 0 Å². The number of hydrogen-bond donors (Lipinski definition) is 3. The minimum atomic E-state index is -0.719. The molecular formula is C17H16N6O. The maximum Gasteiger partial charge on any atom is 0.330 e. The second-order valence-corrected chi connectivity index (χ2v) is 5.13. The molecule has 120 valence electrons. The van der Waals surface area contributed by atoms with Gasteiger partial charge in [-0.25, -0.2) is 15.2 Å². The van der Waals surface area contributed by atoms with Gasteiger partial charge in [0.05, 0.1) is 5.69 Å². The number of hydrazine groups is 1. The van der Waals surface area contributed by atoms with E-state index in [-0.39, 0.29) is 5.95 Å². The lowest BCUT2D eigenvalue weighted by molar-refractivity contribution is 0.250. The molecule has 0 unspecified atom stereocenters. The van der Waals surface area contributed by atoms with Gasteiger partial charge in [-0.1, -0.05) is 54.6 Å². The van der Waals surface area contributed by atoms with Gasteiger partial charge in [-0.05, 0) is 18.1 Å². The summed E-state index contributed by atoms with van der Waals surface area (Å²) in [6.07, 6.45) is 0. The van der Waals surface area contributed by atoms with Crippen LogP contribution in [0.25, 0.3) is 22.4 Å². The van der Waals surface area contributed by atoms with Crippen LogP contribution in [0.5, 0.6) is 0 Å². The number of fused-ring (bicyclic) bond motifs is 1. The molecule has 1 aromatic heterocycles. The number of nitrogens with one attached hydrogen (secondary N) is 2. The van der Waals surface area contributed by atoms with E-state index in [1.807, 2.05) is 37.3 Å². The Kier molecular flexibility index (Phi) is 4.33. The second-order valence-electron chi connectivity index (χ2n) is 5.13. The quantitative estimate of drug-likeness (QED) is 0.503. The normalized spacial score (nSPS) is 10.2. The molecule has 0 spiro atoms. The summed E-state index contributed by atoms with van der Waals surface area (Å²) in [5, 5.41) is 7.90. The van der Waals surface area contributed by atoms with Crippen LogP contribution >= 0.6 is 0 Å². The van der Waals surface area contributed by atoms with Gasteiger partial charge in [0.25, 0.3) is 5.95 Å². The van der Waals surface area contributed by atoms with Crippen LogP contribution in [0.2, 0.25) is 0 Å². The van der Waals surface area contributed by atoms with Gasteiger partial charge in [0.1, 0.15) is 5.69 Å². The van der Waals surface area contributed by atoms with Crippen molar-refractivity contribution in [3.63, 3.8) is 0 Å². The van der Waals surface area contributed by atoms with Crippen LogP contribution in [0.3, 0.4) is 0 Å². The molecule has 0 bridgehead atoms. The Hall–Kier alpha value is -3.48. The third kappa shape index (κ3) is 3.46. The van der Waals surface area contributed by atoms with E-state index in [9.17, 15) is 4.79 Å². The van der Waals surface area contributed by atoms with E-state index in [1.165, 1.54) is 11.1 Å². The minimum absolute atomic E-state index is 0.186. The summed E-state index contributed by atoms with van der Waals surface area (Å²) in [6.45, 7) is 1.81. The van der Waals surface area contributed by atoms with E-state index in [2.05, 4.69) is 50.3 Å². The Morgan fingerprint density at radius 3 is 2.00 bits per heavy atom. The average molecular weight is 320 g/mol. The number of rotatable bonds is 3. The van der Waals surface area contributed by atoms with Crippen LogP contribution in [0.1, 0.15) is 5.69 Å². The molecule has 2 aliphatic rings. The number of nitrogens with two attached hydrogens (primary N) is 1. The molecule has 0 saturated heterocycles. The summed E-state index contributed by atoms with van der Waals surface area (Å²) in [5.74, 6) is 0.186. The van der Waals surface area contributed by atoms with Gasteiger partial charge in [-0.15, -0.1) is 10.2 Å². The van der Waals surface area contributed by atoms with Crippen LogP contribution in [-0.2, 0) is 0 Å². The zero-order valence-electron chi connectivity index (χ0n) is 13.0. The predicted molar refractivity (Wildman–Crippen MR) is 91.8 cm³/mol. The monoisotopic (exact) mass is 320 g/mol. The summed E-state index contributed by atoms with van der Waals surface area (Å²) >= 11 is 0. The molecule has 4 rings (SSSR count). The van der Waals surface area contributed by atoms with Gasteiger partial charge in [0.2, 0.25) is 0 Å². The molecule has 0 radical (unpaired) electrons. The lowest BCUT2D eigenvalue weighted by Crippen LogP contribution is -2.35. The first-order valence-corrected chi connectivity index (χ1v) is 7.32. The smallest absolute Gasteiger partial charge is 0.330 e. The Balaban J connectivity index is 0.000000231. The summed E-state index contributed by atoms with van der Waals surface area (Å²) in [7, 11) is 0. The molecule has 7 nitrogen and oxygen atoms in total. The fourth-order valence-corrected chi connectivity index (χ4v) is 2.10. The number of nitrogens with zero attached hydrogens (tertiary/aromatic N) is 3. The van der Waals surface area contributed by atoms with Crippen molar-refractivity contribution < 1.29 is 4.79 Å². The number of benzene rings is 2. The maximum absolute atomic E-state index is 10.5. The maximum atomic E-state index is 10.5. The average Bonchev–Trinajstić information content (AvgIpc) is 2.57. The number of anilines is 1. The molecular weight excluding hydrogens is 304 g/mol. The fraction of sp³-hybridized carbons (Fsp3) is 0.0588. The van der Waals surface area contributed by atoms with Gasteiger partial charge in [-0.3, -0.25) is 5.43 Å². The zero-order chi connectivity index (χ0) is 16.9. The SMILES string of the molecule is Cc1nc(NNC(N)=O)nnc1-c1ccccc1.c1cc2ccc1-2. The molecule has 1 aromatic carbocycles. The van der Waals surface area contributed by atoms with Gasteiger partial charge in [-0.2, -0.15) is 0 Å². The first-order valence-electron chi connectivity index (χ1n) is 7.32. The summed E-state index contributed by atoms with van der Waals surface area (Å²) in [6, 6.07) is 17.4. The highest BCUT2D eigenvalue weighted by Crippen LogP contribution is 2.29. The van der Waals surface area contributed by atoms with Crippen LogP contribution in [0.4, 0.5) is 10.7 Å². The molecule has 0 saturated carbocycles. The Morgan fingerprint density at radius 2 is 1.54 bits per heavy atom. The van der Waals surface area contributed by atoms with Gasteiger partial charge < -0.3 is 5.73 Å². The molecule has 0 fully saturated rings. The highest BCUT2D eigenvalue weighted by atomic mass is 16.2. The molecule has 2 aliphatic carbocycles. The first kappa shape index (κ1) is 15.4. The van der Waals surface area contributed by atoms with Crippen molar-refractivity contribution in [2.45, 2.75) is 6.92 Å². The van der Waals surface area contributed by atoms with Crippen LogP contribution < -0.4 is 16.6 Å². The lowest BCUT2D eigenvalue weighted by Gasteiger charge is -2.10. The lowest BCUT2D eigenvalue weighted by atomic mass is 9.95. The zero-order valence-corrected chi connectivity index (χ0v) is 13.0. The first-order chi connectivity index (χ1) is 11.6. The Morgan fingerprint density at radius 1 is 0.917 bits per heavy atom. The standard InChI is InChI=1S/C11H12N6O.C6H4/c1-7-9(8-5-3-2-4-6-8)14-16-11(13-7)17-15-10(12)18;1-2-6-4-3-5(1)6/h2-6H,1H3,(H3,12,15,18)(H,13,16,17);1-4H. The van der Waals surface area contributed by atoms with Crippen molar-refractivity contribution in [1.82, 2.24) is 20.6 Å². The van der Waals surface area contributed by atoms with Crippen molar-refractivity contribution in [3.05, 3.63) is 60.3 Å². The summed E-state index contributed by atoms with van der Waals surface area (Å²) in [5.41, 5.74) is 14.7. The predicted octanol–water partition coefficient (Wildman–Crippen LogP) is 2.51. The van der Waals surface area contributed by atoms with E-state index < -0.39 is 6.03 Å². The molecule has 1 heterocycles. The minimum Gasteiger partial charge on any atom is -0.350 e. The van der Waals surface area contributed by atoms with Crippen molar-refractivity contribution in [1.29, 1.82) is 0 Å². The third-order valence-electron chi connectivity index (χ3n) is 3.42. The number of aryl methyl sites for hydroxylation is 1. The number of aromatic nitrogens is 3. The highest BCUT2D eigenvalue weighted by molar-refractivity contribution is 5.75. The molecule has 4 N–H and O–H groups in total. The van der Waals surface area contributed by atoms with Gasteiger partial charge >= 0.3 is 6.03 Å². The van der Waals surface area contributed by atoms with Crippen molar-refractivity contribution in [2.75, 3.05) is 5.43 Å². The molecule has 0 atom stereocenters. The topological polar surface area (TPSA) is 106 Å². The Bertz CT molecular complexity index is 828. The van der Waals surface area contributed by atoms with Crippen molar-refractivity contribution in [2.24, 2.45) is 5.73 Å². The number of urea groups is 1. The number of carbonyl (C=O) groups excluding carboxylic acids is 1. The number of hydrogen-bond acceptors (Lipinski definition) is 5. The molecule has 2 aromatic rings. The van der Waals surface area contributed by atoms with E-state index in [4.69, 9.17) is 5.73 Å². The van der Waals surface area contributed by atoms with E-state index in [0.29, 0.717) is 11.4 Å². The molecule has 7 heteroatoms. The van der Waals surface area contributed by atoms with Crippen LogP contribution in [-0.4, -0.2) is 21.2 Å². The van der Waals surface area contributed by atoms with Crippen LogP contribution in [0.15, 0.2) is 54.6 Å². The summed E-state index contributed by atoms with van der Waals surface area (Å²) in [4.78, 5) is 14.7. The van der Waals surface area contributed by atoms with E-state index in [0.717, 1.165) is 5.56 Å². The van der Waals surface area contributed by atoms with Gasteiger partial charge in [0.15, 0.2) is 0 Å². The highest BCUT2D eigenvalue weighted by Gasteiger charge is 2.07. The molecule has 2 amide bonds. The van der Waals surface area contributed by atoms with E-state index >= 15 is 0 Å². The largest absolute Gasteiger partial charge is 0.350 e.